The molecule has 26 heavy (non-hydrogen) atoms. The van der Waals surface area contributed by atoms with E-state index in [9.17, 15) is 13.2 Å². The molecule has 7 nitrogen and oxygen atoms in total. The highest BCUT2D eigenvalue weighted by molar-refractivity contribution is 7.89. The molecule has 0 heterocycles. The molecule has 0 fully saturated rings. The maximum atomic E-state index is 12.6. The molecule has 2 aromatic carbocycles. The molecule has 0 radical (unpaired) electrons. The molecule has 140 valence electrons. The first kappa shape index (κ1) is 20.2. The fourth-order valence-corrected chi connectivity index (χ4v) is 3.60. The van der Waals surface area contributed by atoms with Crippen LogP contribution >= 0.6 is 11.6 Å². The van der Waals surface area contributed by atoms with Crippen molar-refractivity contribution < 1.29 is 22.8 Å². The Hall–Kier alpha value is -2.13. The molecule has 0 unspecified atom stereocenters. The molecule has 1 amide bonds. The number of carbonyl (C=O) groups is 1. The number of benzene rings is 2. The molecule has 0 aliphatic rings. The zero-order chi connectivity index (χ0) is 19.3. The van der Waals surface area contributed by atoms with Gasteiger partial charge in [-0.2, -0.15) is 0 Å². The number of nitrogens with zero attached hydrogens (tertiary/aromatic N) is 1. The maximum absolute atomic E-state index is 12.6. The van der Waals surface area contributed by atoms with E-state index in [0.717, 1.165) is 0 Å². The normalized spacial score (nSPS) is 11.4. The number of carbonyl (C=O) groups excluding carboxylic acids is 1. The van der Waals surface area contributed by atoms with Gasteiger partial charge in [0.2, 0.25) is 0 Å². The van der Waals surface area contributed by atoms with Gasteiger partial charge in [0.05, 0.1) is 24.4 Å². The van der Waals surface area contributed by atoms with Crippen LogP contribution in [-0.2, 0) is 14.9 Å². The zero-order valence-corrected chi connectivity index (χ0v) is 16.1. The van der Waals surface area contributed by atoms with Crippen molar-refractivity contribution in [3.05, 3.63) is 53.1 Å². The van der Waals surface area contributed by atoms with Crippen LogP contribution in [0, 0.1) is 0 Å². The molecule has 0 saturated heterocycles. The second kappa shape index (κ2) is 8.50. The van der Waals surface area contributed by atoms with Gasteiger partial charge in [0.25, 0.3) is 15.9 Å². The number of para-hydroxylation sites is 2. The van der Waals surface area contributed by atoms with Crippen LogP contribution in [0.5, 0.6) is 5.75 Å². The van der Waals surface area contributed by atoms with Crippen LogP contribution in [0.15, 0.2) is 47.4 Å². The summed E-state index contributed by atoms with van der Waals surface area (Å²) >= 11 is 6.00. The smallest absolute Gasteiger partial charge is 0.266 e. The standard InChI is InChI=1S/C17H19ClN2O5S/c1-4-25-15-8-6-5-7-14(15)19-17(21)12-9-10-13(18)16(11-12)26(22,23)20(2)24-3/h5-11H,4H2,1-3H3,(H,19,21). The molecule has 0 aliphatic carbocycles. The minimum Gasteiger partial charge on any atom is -0.492 e. The quantitative estimate of drug-likeness (QED) is 0.724. The molecule has 0 spiro atoms. The number of halogens is 1. The number of anilines is 1. The molecule has 1 N–H and O–H groups in total. The van der Waals surface area contributed by atoms with Crippen LogP contribution in [0.3, 0.4) is 0 Å². The summed E-state index contributed by atoms with van der Waals surface area (Å²) in [6, 6.07) is 10.9. The van der Waals surface area contributed by atoms with Crippen molar-refractivity contribution in [2.75, 3.05) is 26.1 Å². The van der Waals surface area contributed by atoms with Gasteiger partial charge in [-0.15, -0.1) is 0 Å². The van der Waals surface area contributed by atoms with Crippen molar-refractivity contribution in [2.24, 2.45) is 0 Å². The van der Waals surface area contributed by atoms with Crippen molar-refractivity contribution in [2.45, 2.75) is 11.8 Å². The number of hydroxylamine groups is 1. The minimum atomic E-state index is -3.99. The first-order valence-corrected chi connectivity index (χ1v) is 9.48. The van der Waals surface area contributed by atoms with E-state index in [4.69, 9.17) is 21.2 Å². The number of sulfonamides is 1. The summed E-state index contributed by atoms with van der Waals surface area (Å²) in [4.78, 5) is 17.1. The van der Waals surface area contributed by atoms with Crippen molar-refractivity contribution in [1.29, 1.82) is 0 Å². The number of rotatable bonds is 7. The summed E-state index contributed by atoms with van der Waals surface area (Å²) in [6.07, 6.45) is 0. The number of hydrogen-bond acceptors (Lipinski definition) is 5. The lowest BCUT2D eigenvalue weighted by Gasteiger charge is -2.16. The summed E-state index contributed by atoms with van der Waals surface area (Å²) in [5, 5.41) is 2.69. The molecule has 2 rings (SSSR count). The number of ether oxygens (including phenoxy) is 1. The molecule has 2 aromatic rings. The van der Waals surface area contributed by atoms with Gasteiger partial charge in [-0.1, -0.05) is 28.2 Å². The highest BCUT2D eigenvalue weighted by Gasteiger charge is 2.25. The van der Waals surface area contributed by atoms with Gasteiger partial charge in [-0.05, 0) is 37.3 Å². The van der Waals surface area contributed by atoms with Crippen LogP contribution in [0.25, 0.3) is 0 Å². The SMILES string of the molecule is CCOc1ccccc1NC(=O)c1ccc(Cl)c(S(=O)(=O)N(C)OC)c1. The summed E-state index contributed by atoms with van der Waals surface area (Å²) in [7, 11) is -1.54. The first-order valence-electron chi connectivity index (χ1n) is 7.67. The predicted octanol–water partition coefficient (Wildman–Crippen LogP) is 3.17. The minimum absolute atomic E-state index is 0.0137. The number of hydrogen-bond donors (Lipinski definition) is 1. The van der Waals surface area contributed by atoms with Crippen LogP contribution in [0.4, 0.5) is 5.69 Å². The largest absolute Gasteiger partial charge is 0.492 e. The molecule has 0 aromatic heterocycles. The van der Waals surface area contributed by atoms with E-state index in [1.807, 2.05) is 6.92 Å². The average molecular weight is 399 g/mol. The predicted molar refractivity (Wildman–Crippen MR) is 99.0 cm³/mol. The van der Waals surface area contributed by atoms with Crippen LogP contribution in [0.2, 0.25) is 5.02 Å². The molecular weight excluding hydrogens is 380 g/mol. The van der Waals surface area contributed by atoms with Gasteiger partial charge >= 0.3 is 0 Å². The Labute approximate surface area is 157 Å². The van der Waals surface area contributed by atoms with Crippen LogP contribution in [0.1, 0.15) is 17.3 Å². The first-order chi connectivity index (χ1) is 12.3. The van der Waals surface area contributed by atoms with Gasteiger partial charge in [-0.25, -0.2) is 8.42 Å². The Bertz CT molecular complexity index is 902. The number of amides is 1. The summed E-state index contributed by atoms with van der Waals surface area (Å²) in [5.41, 5.74) is 0.608. The summed E-state index contributed by atoms with van der Waals surface area (Å²) in [5.74, 6) is 0.0228. The lowest BCUT2D eigenvalue weighted by Crippen LogP contribution is -2.26. The topological polar surface area (TPSA) is 84.9 Å². The molecule has 0 saturated carbocycles. The molecular formula is C17H19ClN2O5S. The fraction of sp³-hybridized carbons (Fsp3) is 0.235. The lowest BCUT2D eigenvalue weighted by molar-refractivity contribution is -0.0258. The van der Waals surface area contributed by atoms with Crippen LogP contribution in [-0.4, -0.2) is 39.6 Å². The van der Waals surface area contributed by atoms with Gasteiger partial charge in [0.15, 0.2) is 0 Å². The highest BCUT2D eigenvalue weighted by atomic mass is 35.5. The van der Waals surface area contributed by atoms with Gasteiger partial charge < -0.3 is 10.1 Å². The Morgan fingerprint density at radius 1 is 1.23 bits per heavy atom. The Morgan fingerprint density at radius 2 is 1.92 bits per heavy atom. The third kappa shape index (κ3) is 4.34. The summed E-state index contributed by atoms with van der Waals surface area (Å²) in [6.45, 7) is 2.28. The van der Waals surface area contributed by atoms with E-state index in [0.29, 0.717) is 22.5 Å². The second-order valence-corrected chi connectivity index (χ2v) is 7.44. The lowest BCUT2D eigenvalue weighted by atomic mass is 10.2. The Balaban J connectivity index is 2.36. The van der Waals surface area contributed by atoms with Crippen molar-refractivity contribution >= 4 is 33.2 Å². The maximum Gasteiger partial charge on any atom is 0.266 e. The van der Waals surface area contributed by atoms with E-state index in [1.54, 1.807) is 24.3 Å². The van der Waals surface area contributed by atoms with E-state index >= 15 is 0 Å². The average Bonchev–Trinajstić information content (AvgIpc) is 2.62. The third-order valence-corrected chi connectivity index (χ3v) is 5.66. The van der Waals surface area contributed by atoms with Crippen molar-refractivity contribution in [3.8, 4) is 5.75 Å². The Morgan fingerprint density at radius 3 is 2.58 bits per heavy atom. The summed E-state index contributed by atoms with van der Waals surface area (Å²) < 4.78 is 31.0. The van der Waals surface area contributed by atoms with Gasteiger partial charge in [-0.3, -0.25) is 9.63 Å². The third-order valence-electron chi connectivity index (χ3n) is 3.50. The highest BCUT2D eigenvalue weighted by Crippen LogP contribution is 2.27. The molecule has 9 heteroatoms. The van der Waals surface area contributed by atoms with Crippen molar-refractivity contribution in [3.63, 3.8) is 0 Å². The number of nitrogens with one attached hydrogen (secondary N) is 1. The van der Waals surface area contributed by atoms with E-state index in [2.05, 4.69) is 5.32 Å². The fourth-order valence-electron chi connectivity index (χ4n) is 2.12. The van der Waals surface area contributed by atoms with Gasteiger partial charge in [0, 0.05) is 12.6 Å². The zero-order valence-electron chi connectivity index (χ0n) is 14.5. The molecule has 0 aliphatic heterocycles. The van der Waals surface area contributed by atoms with Gasteiger partial charge in [0.1, 0.15) is 10.6 Å². The molecule has 0 atom stereocenters. The molecule has 0 bridgehead atoms. The second-order valence-electron chi connectivity index (χ2n) is 5.13. The Kier molecular flexibility index (Phi) is 6.60. The van der Waals surface area contributed by atoms with E-state index in [1.165, 1.54) is 32.4 Å². The monoisotopic (exact) mass is 398 g/mol. The van der Waals surface area contributed by atoms with Crippen molar-refractivity contribution in [1.82, 2.24) is 4.47 Å². The van der Waals surface area contributed by atoms with E-state index < -0.39 is 15.9 Å². The van der Waals surface area contributed by atoms with Crippen LogP contribution < -0.4 is 10.1 Å². The van der Waals surface area contributed by atoms with E-state index in [-0.39, 0.29) is 15.5 Å².